The lowest BCUT2D eigenvalue weighted by Crippen LogP contribution is -2.43. The van der Waals surface area contributed by atoms with Gasteiger partial charge in [0.15, 0.2) is 5.82 Å². The van der Waals surface area contributed by atoms with Crippen LogP contribution in [-0.2, 0) is 11.3 Å². The van der Waals surface area contributed by atoms with E-state index in [4.69, 9.17) is 4.98 Å². The van der Waals surface area contributed by atoms with Crippen LogP contribution in [0.3, 0.4) is 0 Å². The highest BCUT2D eigenvalue weighted by molar-refractivity contribution is 5.84. The maximum atomic E-state index is 14.1. The number of H-pyrrole nitrogens is 2. The van der Waals surface area contributed by atoms with E-state index in [1.165, 1.54) is 0 Å². The first-order valence-corrected chi connectivity index (χ1v) is 16.5. The van der Waals surface area contributed by atoms with Crippen LogP contribution in [0.5, 0.6) is 0 Å². The Kier molecular flexibility index (Phi) is 10.3. The molecule has 0 unspecified atom stereocenters. The summed E-state index contributed by atoms with van der Waals surface area (Å²) >= 11 is 0. The molecule has 5 aromatic rings. The van der Waals surface area contributed by atoms with Crippen LogP contribution in [0.15, 0.2) is 92.0 Å². The topological polar surface area (TPSA) is 119 Å². The SMILES string of the molecule is C=CCCNCc1ncc(-c2cnc(-c3ccc(-c4cnc([C@@H]5CCCN5C(=O)[C@@H](c5ccccc5)N(CC)CC)[nH]4)cc3)nc2)[nH]1. The minimum Gasteiger partial charge on any atom is -0.341 e. The number of imidazole rings is 2. The van der Waals surface area contributed by atoms with E-state index in [9.17, 15) is 4.79 Å². The van der Waals surface area contributed by atoms with E-state index in [1.807, 2.05) is 78.2 Å². The van der Waals surface area contributed by atoms with E-state index in [2.05, 4.69) is 67.7 Å². The number of amides is 1. The fourth-order valence-electron chi connectivity index (χ4n) is 6.28. The summed E-state index contributed by atoms with van der Waals surface area (Å²) in [6.07, 6.45) is 12.0. The average molecular weight is 630 g/mol. The zero-order valence-corrected chi connectivity index (χ0v) is 27.2. The van der Waals surface area contributed by atoms with Gasteiger partial charge in [-0.15, -0.1) is 6.58 Å². The smallest absolute Gasteiger partial charge is 0.245 e. The molecule has 6 rings (SSSR count). The standard InChI is InChI=1S/C37H43N9O/c1-4-7-19-38-25-33-39-23-31(43-33)29-21-40-35(41-22-29)28-17-15-26(16-18-28)30-24-42-36(44-30)32-14-11-20-46(32)37(47)34(45(5-2)6-3)27-12-9-8-10-13-27/h4,8-10,12-13,15-18,21-24,32,34,38H,1,5-7,11,14,19-20,25H2,2-3H3,(H,39,43)(H,42,44)/t32-,34+/m0/s1. The van der Waals surface area contributed by atoms with Crippen molar-refractivity contribution in [3.8, 4) is 33.9 Å². The number of carbonyl (C=O) groups excluding carboxylic acids is 1. The number of rotatable bonds is 14. The monoisotopic (exact) mass is 629 g/mol. The Hall–Kier alpha value is -4.93. The summed E-state index contributed by atoms with van der Waals surface area (Å²) in [7, 11) is 0. The molecular formula is C37H43N9O. The first-order valence-electron chi connectivity index (χ1n) is 16.5. The van der Waals surface area contributed by atoms with Gasteiger partial charge in [-0.05, 0) is 50.0 Å². The van der Waals surface area contributed by atoms with E-state index in [0.717, 1.165) is 90.7 Å². The van der Waals surface area contributed by atoms with Crippen molar-refractivity contribution in [3.63, 3.8) is 0 Å². The Morgan fingerprint density at radius 3 is 2.36 bits per heavy atom. The van der Waals surface area contributed by atoms with E-state index in [0.29, 0.717) is 12.4 Å². The molecule has 0 saturated carbocycles. The van der Waals surface area contributed by atoms with Crippen LogP contribution in [0.4, 0.5) is 0 Å². The predicted molar refractivity (Wildman–Crippen MR) is 185 cm³/mol. The van der Waals surface area contributed by atoms with Crippen LogP contribution in [-0.4, -0.2) is 71.8 Å². The molecule has 0 spiro atoms. The molecular weight excluding hydrogens is 586 g/mol. The molecule has 0 bridgehead atoms. The minimum absolute atomic E-state index is 0.0799. The molecule has 1 aliphatic heterocycles. The van der Waals surface area contributed by atoms with Gasteiger partial charge in [0.1, 0.15) is 17.7 Å². The largest absolute Gasteiger partial charge is 0.341 e. The molecule has 47 heavy (non-hydrogen) atoms. The second-order valence-electron chi connectivity index (χ2n) is 11.8. The maximum Gasteiger partial charge on any atom is 0.245 e. The van der Waals surface area contributed by atoms with Gasteiger partial charge in [0.25, 0.3) is 0 Å². The number of carbonyl (C=O) groups is 1. The summed E-state index contributed by atoms with van der Waals surface area (Å²) in [4.78, 5) is 43.7. The van der Waals surface area contributed by atoms with Gasteiger partial charge >= 0.3 is 0 Å². The van der Waals surface area contributed by atoms with Gasteiger partial charge in [-0.3, -0.25) is 9.69 Å². The third-order valence-corrected chi connectivity index (χ3v) is 8.84. The van der Waals surface area contributed by atoms with Gasteiger partial charge in [-0.2, -0.15) is 0 Å². The fraction of sp³-hybridized carbons (Fsp3) is 0.324. The summed E-state index contributed by atoms with van der Waals surface area (Å²) in [5.74, 6) is 2.49. The van der Waals surface area contributed by atoms with Crippen LogP contribution < -0.4 is 5.32 Å². The molecule has 10 heteroatoms. The molecule has 1 aliphatic rings. The molecule has 3 N–H and O–H groups in total. The molecule has 3 aromatic heterocycles. The second-order valence-corrected chi connectivity index (χ2v) is 11.8. The summed E-state index contributed by atoms with van der Waals surface area (Å²) in [5.41, 5.74) is 5.65. The second kappa shape index (κ2) is 15.1. The number of hydrogen-bond acceptors (Lipinski definition) is 7. The fourth-order valence-corrected chi connectivity index (χ4v) is 6.28. The van der Waals surface area contributed by atoms with E-state index in [-0.39, 0.29) is 18.0 Å². The van der Waals surface area contributed by atoms with E-state index >= 15 is 0 Å². The number of benzene rings is 2. The van der Waals surface area contributed by atoms with Crippen molar-refractivity contribution in [1.29, 1.82) is 0 Å². The normalized spacial score (nSPS) is 15.3. The van der Waals surface area contributed by atoms with Crippen LogP contribution >= 0.6 is 0 Å². The first kappa shape index (κ1) is 32.0. The molecule has 2 aromatic carbocycles. The van der Waals surface area contributed by atoms with Crippen molar-refractivity contribution in [2.75, 3.05) is 26.2 Å². The Balaban J connectivity index is 1.13. The third kappa shape index (κ3) is 7.24. The van der Waals surface area contributed by atoms with Crippen LogP contribution in [0.1, 0.15) is 62.4 Å². The molecule has 242 valence electrons. The van der Waals surface area contributed by atoms with Gasteiger partial charge in [0, 0.05) is 30.1 Å². The lowest BCUT2D eigenvalue weighted by molar-refractivity contribution is -0.138. The van der Waals surface area contributed by atoms with Crippen molar-refractivity contribution < 1.29 is 4.79 Å². The number of likely N-dealkylation sites (N-methyl/N-ethyl adjacent to an activating group) is 1. The van der Waals surface area contributed by atoms with Crippen LogP contribution in [0.25, 0.3) is 33.9 Å². The highest BCUT2D eigenvalue weighted by atomic mass is 16.2. The first-order chi connectivity index (χ1) is 23.1. The number of likely N-dealkylation sites (tertiary alicyclic amines) is 1. The van der Waals surface area contributed by atoms with Crippen LogP contribution in [0, 0.1) is 0 Å². The number of hydrogen-bond donors (Lipinski definition) is 3. The third-order valence-electron chi connectivity index (χ3n) is 8.84. The molecule has 1 amide bonds. The molecule has 10 nitrogen and oxygen atoms in total. The van der Waals surface area contributed by atoms with Crippen molar-refractivity contribution in [1.82, 2.24) is 45.0 Å². The van der Waals surface area contributed by atoms with Crippen molar-refractivity contribution in [2.24, 2.45) is 0 Å². The number of aromatic amines is 2. The highest BCUT2D eigenvalue weighted by Crippen LogP contribution is 2.35. The molecule has 0 aliphatic carbocycles. The average Bonchev–Trinajstić information content (AvgIpc) is 3.91. The quantitative estimate of drug-likeness (QED) is 0.0970. The van der Waals surface area contributed by atoms with E-state index in [1.54, 1.807) is 0 Å². The Morgan fingerprint density at radius 1 is 0.936 bits per heavy atom. The van der Waals surface area contributed by atoms with Crippen molar-refractivity contribution in [3.05, 3.63) is 109 Å². The minimum atomic E-state index is -0.309. The lowest BCUT2D eigenvalue weighted by atomic mass is 10.0. The lowest BCUT2D eigenvalue weighted by Gasteiger charge is -2.34. The molecule has 1 fully saturated rings. The molecule has 4 heterocycles. The van der Waals surface area contributed by atoms with Gasteiger partial charge in [-0.25, -0.2) is 19.9 Å². The Bertz CT molecular complexity index is 1740. The summed E-state index contributed by atoms with van der Waals surface area (Å²) in [5, 5.41) is 3.33. The van der Waals surface area contributed by atoms with Gasteiger partial charge in [0.2, 0.25) is 5.91 Å². The van der Waals surface area contributed by atoms with Crippen LogP contribution in [0.2, 0.25) is 0 Å². The van der Waals surface area contributed by atoms with Gasteiger partial charge in [0.05, 0.1) is 36.4 Å². The van der Waals surface area contributed by atoms with Crippen molar-refractivity contribution in [2.45, 2.75) is 51.7 Å². The Morgan fingerprint density at radius 2 is 1.64 bits per heavy atom. The summed E-state index contributed by atoms with van der Waals surface area (Å²) < 4.78 is 0. The predicted octanol–water partition coefficient (Wildman–Crippen LogP) is 6.34. The zero-order valence-electron chi connectivity index (χ0n) is 27.2. The Labute approximate surface area is 276 Å². The highest BCUT2D eigenvalue weighted by Gasteiger charge is 2.38. The summed E-state index contributed by atoms with van der Waals surface area (Å²) in [6.45, 7) is 11.8. The molecule has 2 atom stereocenters. The zero-order chi connectivity index (χ0) is 32.6. The van der Waals surface area contributed by atoms with Gasteiger partial charge in [-0.1, -0.05) is 74.5 Å². The van der Waals surface area contributed by atoms with Gasteiger partial charge < -0.3 is 20.2 Å². The number of aromatic nitrogens is 6. The number of nitrogens with one attached hydrogen (secondary N) is 3. The van der Waals surface area contributed by atoms with E-state index < -0.39 is 0 Å². The molecule has 0 radical (unpaired) electrons. The van der Waals surface area contributed by atoms with Crippen molar-refractivity contribution >= 4 is 5.91 Å². The maximum absolute atomic E-state index is 14.1. The molecule has 1 saturated heterocycles. The number of nitrogens with zero attached hydrogens (tertiary/aromatic N) is 6. The summed E-state index contributed by atoms with van der Waals surface area (Å²) in [6, 6.07) is 17.9.